The molecule has 54 valence electrons. The van der Waals surface area contributed by atoms with Gasteiger partial charge in [-0.2, -0.15) is 0 Å². The summed E-state index contributed by atoms with van der Waals surface area (Å²) in [5.74, 6) is 0.309. The Labute approximate surface area is 56.2 Å². The van der Waals surface area contributed by atoms with Crippen molar-refractivity contribution in [1.29, 1.82) is 0 Å². The van der Waals surface area contributed by atoms with Gasteiger partial charge in [-0.25, -0.2) is 0 Å². The number of hydrogen-bond donors (Lipinski definition) is 0. The standard InChI is InChI=1S/C7H14O2/c1-4-6(2)5-9-7(3)8/h6H,4-5H2,1-3H3. The normalized spacial score (nSPS) is 12.8. The lowest BCUT2D eigenvalue weighted by Gasteiger charge is -2.06. The monoisotopic (exact) mass is 130 g/mol. The van der Waals surface area contributed by atoms with E-state index in [1.165, 1.54) is 6.92 Å². The van der Waals surface area contributed by atoms with Crippen molar-refractivity contribution in [3.05, 3.63) is 0 Å². The van der Waals surface area contributed by atoms with Crippen LogP contribution in [0, 0.1) is 5.92 Å². The molecule has 0 aliphatic rings. The van der Waals surface area contributed by atoms with Crippen molar-refractivity contribution in [2.45, 2.75) is 27.2 Å². The molecule has 0 aromatic carbocycles. The molecule has 0 saturated carbocycles. The predicted octanol–water partition coefficient (Wildman–Crippen LogP) is 1.60. The summed E-state index contributed by atoms with van der Waals surface area (Å²) < 4.78 is 4.76. The maximum absolute atomic E-state index is 10.2. The quantitative estimate of drug-likeness (QED) is 0.542. The first-order chi connectivity index (χ1) is 4.16. The number of ether oxygens (including phenoxy) is 1. The molecule has 0 N–H and O–H groups in total. The zero-order chi connectivity index (χ0) is 7.28. The topological polar surface area (TPSA) is 26.3 Å². The van der Waals surface area contributed by atoms with Crippen LogP contribution in [-0.2, 0) is 9.53 Å². The van der Waals surface area contributed by atoms with Gasteiger partial charge < -0.3 is 4.74 Å². The van der Waals surface area contributed by atoms with Crippen LogP contribution >= 0.6 is 0 Å². The van der Waals surface area contributed by atoms with Crippen molar-refractivity contribution in [2.24, 2.45) is 5.92 Å². The fourth-order valence-electron chi connectivity index (χ4n) is 0.377. The van der Waals surface area contributed by atoms with E-state index in [-0.39, 0.29) is 5.97 Å². The molecule has 2 nitrogen and oxygen atoms in total. The summed E-state index contributed by atoms with van der Waals surface area (Å²) in [7, 11) is 0. The Morgan fingerprint density at radius 1 is 1.67 bits per heavy atom. The molecule has 0 spiro atoms. The van der Waals surface area contributed by atoms with Crippen molar-refractivity contribution >= 4 is 5.97 Å². The molecule has 0 rings (SSSR count). The molecule has 0 aromatic rings. The van der Waals surface area contributed by atoms with E-state index >= 15 is 0 Å². The highest BCUT2D eigenvalue weighted by atomic mass is 16.5. The lowest BCUT2D eigenvalue weighted by Crippen LogP contribution is -2.07. The van der Waals surface area contributed by atoms with Gasteiger partial charge in [-0.1, -0.05) is 20.3 Å². The molecule has 2 heteroatoms. The minimum atomic E-state index is -0.185. The van der Waals surface area contributed by atoms with Crippen LogP contribution in [0.5, 0.6) is 0 Å². The van der Waals surface area contributed by atoms with Crippen LogP contribution in [0.1, 0.15) is 27.2 Å². The Hall–Kier alpha value is -0.530. The fraction of sp³-hybridized carbons (Fsp3) is 0.857. The second-order valence-corrected chi connectivity index (χ2v) is 2.32. The van der Waals surface area contributed by atoms with Crippen LogP contribution in [0.2, 0.25) is 0 Å². The van der Waals surface area contributed by atoms with Crippen LogP contribution in [-0.4, -0.2) is 12.6 Å². The Kier molecular flexibility index (Phi) is 4.10. The molecule has 0 bridgehead atoms. The molecule has 1 unspecified atom stereocenters. The summed E-state index contributed by atoms with van der Waals surface area (Å²) in [5, 5.41) is 0. The second kappa shape index (κ2) is 4.36. The highest BCUT2D eigenvalue weighted by Gasteiger charge is 1.99. The maximum Gasteiger partial charge on any atom is 0.302 e. The van der Waals surface area contributed by atoms with Crippen molar-refractivity contribution in [1.82, 2.24) is 0 Å². The molecule has 0 aliphatic carbocycles. The molecule has 0 saturated heterocycles. The Bertz CT molecular complexity index is 88.9. The minimum Gasteiger partial charge on any atom is -0.466 e. The predicted molar refractivity (Wildman–Crippen MR) is 36.1 cm³/mol. The van der Waals surface area contributed by atoms with E-state index in [9.17, 15) is 4.79 Å². The van der Waals surface area contributed by atoms with E-state index in [0.717, 1.165) is 6.42 Å². The van der Waals surface area contributed by atoms with Gasteiger partial charge in [0.25, 0.3) is 0 Å². The summed E-state index contributed by atoms with van der Waals surface area (Å²) in [4.78, 5) is 10.2. The van der Waals surface area contributed by atoms with Crippen LogP contribution in [0.4, 0.5) is 0 Å². The van der Waals surface area contributed by atoms with Gasteiger partial charge in [-0.15, -0.1) is 0 Å². The lowest BCUT2D eigenvalue weighted by atomic mass is 10.1. The zero-order valence-corrected chi connectivity index (χ0v) is 6.31. The van der Waals surface area contributed by atoms with E-state index in [4.69, 9.17) is 4.74 Å². The van der Waals surface area contributed by atoms with Gasteiger partial charge in [0.05, 0.1) is 6.61 Å². The third-order valence-corrected chi connectivity index (χ3v) is 1.27. The molecular formula is C7H14O2. The van der Waals surface area contributed by atoms with Crippen LogP contribution in [0.3, 0.4) is 0 Å². The Morgan fingerprint density at radius 2 is 2.22 bits per heavy atom. The molecule has 0 radical (unpaired) electrons. The molecular weight excluding hydrogens is 116 g/mol. The highest BCUT2D eigenvalue weighted by molar-refractivity contribution is 5.65. The van der Waals surface area contributed by atoms with Gasteiger partial charge in [0.2, 0.25) is 0 Å². The van der Waals surface area contributed by atoms with Gasteiger partial charge in [0, 0.05) is 6.92 Å². The largest absolute Gasteiger partial charge is 0.466 e. The summed E-state index contributed by atoms with van der Waals surface area (Å²) in [6.45, 7) is 6.13. The van der Waals surface area contributed by atoms with Crippen molar-refractivity contribution in [3.63, 3.8) is 0 Å². The number of carbonyl (C=O) groups is 1. The number of esters is 1. The summed E-state index contributed by atoms with van der Waals surface area (Å²) in [5.41, 5.74) is 0. The van der Waals surface area contributed by atoms with Crippen LogP contribution < -0.4 is 0 Å². The van der Waals surface area contributed by atoms with Crippen LogP contribution in [0.15, 0.2) is 0 Å². The number of rotatable bonds is 3. The van der Waals surface area contributed by atoms with Gasteiger partial charge in [-0.05, 0) is 5.92 Å². The maximum atomic E-state index is 10.2. The average Bonchev–Trinajstić information content (AvgIpc) is 1.83. The van der Waals surface area contributed by atoms with Crippen LogP contribution in [0.25, 0.3) is 0 Å². The smallest absolute Gasteiger partial charge is 0.302 e. The van der Waals surface area contributed by atoms with Crippen molar-refractivity contribution in [3.8, 4) is 0 Å². The molecule has 0 heterocycles. The fourth-order valence-corrected chi connectivity index (χ4v) is 0.377. The SMILES string of the molecule is CCC(C)COC(C)=O. The second-order valence-electron chi connectivity index (χ2n) is 2.32. The first-order valence-electron chi connectivity index (χ1n) is 3.30. The van der Waals surface area contributed by atoms with Gasteiger partial charge in [0.15, 0.2) is 0 Å². The molecule has 0 amide bonds. The van der Waals surface area contributed by atoms with Gasteiger partial charge in [0.1, 0.15) is 0 Å². The van der Waals surface area contributed by atoms with Gasteiger partial charge >= 0.3 is 5.97 Å². The lowest BCUT2D eigenvalue weighted by molar-refractivity contribution is -0.142. The third-order valence-electron chi connectivity index (χ3n) is 1.27. The first-order valence-corrected chi connectivity index (χ1v) is 3.30. The Balaban J connectivity index is 3.16. The van der Waals surface area contributed by atoms with E-state index in [1.54, 1.807) is 0 Å². The molecule has 0 aliphatic heterocycles. The number of carbonyl (C=O) groups excluding carboxylic acids is 1. The molecule has 0 fully saturated rings. The summed E-state index contributed by atoms with van der Waals surface area (Å²) >= 11 is 0. The molecule has 1 atom stereocenters. The molecule has 9 heavy (non-hydrogen) atoms. The summed E-state index contributed by atoms with van der Waals surface area (Å²) in [6.07, 6.45) is 1.06. The van der Waals surface area contributed by atoms with Crippen molar-refractivity contribution < 1.29 is 9.53 Å². The van der Waals surface area contributed by atoms with Gasteiger partial charge in [-0.3, -0.25) is 4.79 Å². The Morgan fingerprint density at radius 3 is 2.56 bits per heavy atom. The van der Waals surface area contributed by atoms with Crippen molar-refractivity contribution in [2.75, 3.05) is 6.61 Å². The third kappa shape index (κ3) is 5.34. The molecule has 0 aromatic heterocycles. The van der Waals surface area contributed by atoms with E-state index in [1.807, 2.05) is 0 Å². The number of hydrogen-bond acceptors (Lipinski definition) is 2. The van der Waals surface area contributed by atoms with E-state index < -0.39 is 0 Å². The minimum absolute atomic E-state index is 0.185. The van der Waals surface area contributed by atoms with E-state index in [2.05, 4.69) is 13.8 Å². The van der Waals surface area contributed by atoms with E-state index in [0.29, 0.717) is 12.5 Å². The average molecular weight is 130 g/mol. The summed E-state index contributed by atoms with van der Waals surface area (Å²) in [6, 6.07) is 0. The first kappa shape index (κ1) is 8.47. The highest BCUT2D eigenvalue weighted by Crippen LogP contribution is 1.99. The zero-order valence-electron chi connectivity index (χ0n) is 6.31.